The topological polar surface area (TPSA) is 40.4 Å². The number of hydrogen-bond acceptors (Lipinski definition) is 3. The molecule has 2 atom stereocenters. The molecule has 1 saturated heterocycles. The van der Waals surface area contributed by atoms with E-state index in [0.717, 1.165) is 6.42 Å². The summed E-state index contributed by atoms with van der Waals surface area (Å²) < 4.78 is 0. The second-order valence-corrected chi connectivity index (χ2v) is 5.39. The summed E-state index contributed by atoms with van der Waals surface area (Å²) in [5.41, 5.74) is 0.919. The van der Waals surface area contributed by atoms with Gasteiger partial charge >= 0.3 is 0 Å². The minimum atomic E-state index is -0.195. The van der Waals surface area contributed by atoms with Crippen LogP contribution < -0.4 is 0 Å². The highest BCUT2D eigenvalue weighted by atomic mass is 16.2. The van der Waals surface area contributed by atoms with Gasteiger partial charge in [0.2, 0.25) is 0 Å². The van der Waals surface area contributed by atoms with Crippen LogP contribution in [0, 0.1) is 0 Å². The summed E-state index contributed by atoms with van der Waals surface area (Å²) in [6, 6.07) is 7.27. The standard InChI is InChI=1S/C14H16N2O2/c1-4-11-14(2,3)16(11)15-12(17)9-7-5-6-8-10(9)13(15)18/h5-8,11H,4H2,1-3H3. The number of nitrogens with zero attached hydrogens (tertiary/aromatic N) is 2. The molecular weight excluding hydrogens is 228 g/mol. The van der Waals surface area contributed by atoms with Crippen molar-refractivity contribution in [3.05, 3.63) is 35.4 Å². The molecule has 4 nitrogen and oxygen atoms in total. The van der Waals surface area contributed by atoms with Crippen molar-refractivity contribution < 1.29 is 9.59 Å². The molecule has 0 bridgehead atoms. The zero-order valence-corrected chi connectivity index (χ0v) is 10.8. The van der Waals surface area contributed by atoms with Crippen LogP contribution in [0.5, 0.6) is 0 Å². The molecule has 1 aromatic rings. The van der Waals surface area contributed by atoms with Gasteiger partial charge in [0.15, 0.2) is 0 Å². The average molecular weight is 244 g/mol. The lowest BCUT2D eigenvalue weighted by Gasteiger charge is -2.17. The molecule has 18 heavy (non-hydrogen) atoms. The van der Waals surface area contributed by atoms with Crippen LogP contribution in [0.4, 0.5) is 0 Å². The summed E-state index contributed by atoms with van der Waals surface area (Å²) >= 11 is 0. The molecule has 0 N–H and O–H groups in total. The monoisotopic (exact) mass is 244 g/mol. The van der Waals surface area contributed by atoms with Crippen LogP contribution in [0.25, 0.3) is 0 Å². The number of carbonyl (C=O) groups excluding carboxylic acids is 2. The lowest BCUT2D eigenvalue weighted by molar-refractivity contribution is 0.0306. The summed E-state index contributed by atoms with van der Waals surface area (Å²) in [5, 5.41) is 3.22. The van der Waals surface area contributed by atoms with Crippen molar-refractivity contribution in [3.8, 4) is 0 Å². The first-order valence-corrected chi connectivity index (χ1v) is 6.27. The number of fused-ring (bicyclic) bond motifs is 1. The second-order valence-electron chi connectivity index (χ2n) is 5.39. The smallest absolute Gasteiger partial charge is 0.267 e. The Bertz CT molecular complexity index is 515. The predicted molar refractivity (Wildman–Crippen MR) is 66.9 cm³/mol. The molecule has 0 saturated carbocycles. The lowest BCUT2D eigenvalue weighted by Crippen LogP contribution is -2.38. The summed E-state index contributed by atoms with van der Waals surface area (Å²) in [5.74, 6) is -0.390. The van der Waals surface area contributed by atoms with E-state index in [4.69, 9.17) is 0 Å². The van der Waals surface area contributed by atoms with E-state index in [9.17, 15) is 9.59 Å². The first-order chi connectivity index (χ1) is 8.50. The SMILES string of the molecule is CCC1N(N2C(=O)c3ccccc3C2=O)C1(C)C. The zero-order valence-electron chi connectivity index (χ0n) is 10.8. The van der Waals surface area contributed by atoms with Crippen LogP contribution in [0.15, 0.2) is 24.3 Å². The van der Waals surface area contributed by atoms with Crippen LogP contribution in [0.3, 0.4) is 0 Å². The predicted octanol–water partition coefficient (Wildman–Crippen LogP) is 2.07. The van der Waals surface area contributed by atoms with E-state index in [-0.39, 0.29) is 23.4 Å². The van der Waals surface area contributed by atoms with Gasteiger partial charge < -0.3 is 0 Å². The minimum absolute atomic E-state index is 0.109. The third-order valence-corrected chi connectivity index (χ3v) is 4.01. The number of hydrogen-bond donors (Lipinski definition) is 0. The van der Waals surface area contributed by atoms with E-state index in [0.29, 0.717) is 11.1 Å². The molecule has 1 aromatic carbocycles. The van der Waals surface area contributed by atoms with Crippen LogP contribution >= 0.6 is 0 Å². The van der Waals surface area contributed by atoms with Gasteiger partial charge in [0, 0.05) is 0 Å². The number of carbonyl (C=O) groups is 2. The van der Waals surface area contributed by atoms with Gasteiger partial charge in [-0.15, -0.1) is 0 Å². The molecule has 94 valence electrons. The number of amides is 2. The second kappa shape index (κ2) is 3.42. The lowest BCUT2D eigenvalue weighted by atomic mass is 10.1. The largest absolute Gasteiger partial charge is 0.276 e. The van der Waals surface area contributed by atoms with E-state index < -0.39 is 0 Å². The maximum atomic E-state index is 12.3. The molecule has 2 unspecified atom stereocenters. The fourth-order valence-electron chi connectivity index (χ4n) is 2.99. The Morgan fingerprint density at radius 3 is 2.00 bits per heavy atom. The highest BCUT2D eigenvalue weighted by Gasteiger charge is 2.61. The average Bonchev–Trinajstić information content (AvgIpc) is 2.80. The summed E-state index contributed by atoms with van der Waals surface area (Å²) in [7, 11) is 0. The zero-order chi connectivity index (χ0) is 13.1. The van der Waals surface area contributed by atoms with Crippen molar-refractivity contribution in [2.24, 2.45) is 0 Å². The molecule has 1 fully saturated rings. The van der Waals surface area contributed by atoms with Gasteiger partial charge in [-0.1, -0.05) is 19.1 Å². The fourth-order valence-corrected chi connectivity index (χ4v) is 2.99. The normalized spacial score (nSPS) is 28.5. The number of hydrazine groups is 1. The molecule has 3 rings (SSSR count). The highest BCUT2D eigenvalue weighted by Crippen LogP contribution is 2.46. The van der Waals surface area contributed by atoms with Gasteiger partial charge in [-0.3, -0.25) is 9.59 Å². The van der Waals surface area contributed by atoms with E-state index in [1.807, 2.05) is 5.01 Å². The van der Waals surface area contributed by atoms with E-state index in [1.54, 1.807) is 24.3 Å². The van der Waals surface area contributed by atoms with Gasteiger partial charge in [-0.25, -0.2) is 5.01 Å². The van der Waals surface area contributed by atoms with E-state index in [2.05, 4.69) is 20.8 Å². The molecular formula is C14H16N2O2. The summed E-state index contributed by atoms with van der Waals surface area (Å²) in [4.78, 5) is 24.6. The molecule has 2 aliphatic rings. The van der Waals surface area contributed by atoms with Crippen LogP contribution in [-0.2, 0) is 0 Å². The van der Waals surface area contributed by atoms with Crippen molar-refractivity contribution in [2.75, 3.05) is 0 Å². The van der Waals surface area contributed by atoms with Crippen LogP contribution in [-0.4, -0.2) is 33.4 Å². The number of rotatable bonds is 2. The first kappa shape index (κ1) is 11.4. The Kier molecular flexibility index (Phi) is 2.17. The fraction of sp³-hybridized carbons (Fsp3) is 0.429. The summed E-state index contributed by atoms with van der Waals surface area (Å²) in [6.07, 6.45) is 0.931. The van der Waals surface area contributed by atoms with Gasteiger partial charge in [-0.2, -0.15) is 5.01 Å². The van der Waals surface area contributed by atoms with Gasteiger partial charge in [0.05, 0.1) is 22.7 Å². The van der Waals surface area contributed by atoms with Crippen molar-refractivity contribution in [1.82, 2.24) is 10.0 Å². The molecule has 2 aliphatic heterocycles. The minimum Gasteiger partial charge on any atom is -0.267 e. The molecule has 2 heterocycles. The quantitative estimate of drug-likeness (QED) is 0.590. The summed E-state index contributed by atoms with van der Waals surface area (Å²) in [6.45, 7) is 6.19. The number of benzene rings is 1. The van der Waals surface area contributed by atoms with Crippen molar-refractivity contribution in [3.63, 3.8) is 0 Å². The molecule has 0 radical (unpaired) electrons. The Labute approximate surface area is 106 Å². The van der Waals surface area contributed by atoms with Crippen LogP contribution in [0.2, 0.25) is 0 Å². The van der Waals surface area contributed by atoms with Crippen molar-refractivity contribution >= 4 is 11.8 Å². The maximum absolute atomic E-state index is 12.3. The Morgan fingerprint density at radius 1 is 1.11 bits per heavy atom. The van der Waals surface area contributed by atoms with E-state index >= 15 is 0 Å². The molecule has 4 heteroatoms. The Hall–Kier alpha value is -1.68. The Balaban J connectivity index is 1.99. The molecule has 0 spiro atoms. The van der Waals surface area contributed by atoms with Crippen molar-refractivity contribution in [1.29, 1.82) is 0 Å². The molecule has 2 amide bonds. The van der Waals surface area contributed by atoms with Gasteiger partial charge in [-0.05, 0) is 32.4 Å². The van der Waals surface area contributed by atoms with E-state index in [1.165, 1.54) is 5.01 Å². The van der Waals surface area contributed by atoms with Gasteiger partial charge in [0.25, 0.3) is 11.8 Å². The van der Waals surface area contributed by atoms with Crippen LogP contribution in [0.1, 0.15) is 47.9 Å². The maximum Gasteiger partial charge on any atom is 0.276 e. The number of imide groups is 1. The molecule has 0 aromatic heterocycles. The highest BCUT2D eigenvalue weighted by molar-refractivity contribution is 6.21. The third-order valence-electron chi connectivity index (χ3n) is 4.01. The van der Waals surface area contributed by atoms with Gasteiger partial charge in [0.1, 0.15) is 0 Å². The Morgan fingerprint density at radius 2 is 1.61 bits per heavy atom. The third kappa shape index (κ3) is 1.24. The molecule has 0 aliphatic carbocycles. The van der Waals surface area contributed by atoms with Crippen molar-refractivity contribution in [2.45, 2.75) is 38.8 Å². The first-order valence-electron chi connectivity index (χ1n) is 6.27.